The third kappa shape index (κ3) is 3.69. The highest BCUT2D eigenvalue weighted by Crippen LogP contribution is 2.37. The van der Waals surface area contributed by atoms with Crippen molar-refractivity contribution >= 4 is 0 Å². The average molecular weight is 292 g/mol. The van der Waals surface area contributed by atoms with Crippen LogP contribution in [0.3, 0.4) is 0 Å². The Morgan fingerprint density at radius 3 is 2.38 bits per heavy atom. The third-order valence-electron chi connectivity index (χ3n) is 4.61. The van der Waals surface area contributed by atoms with Crippen molar-refractivity contribution < 1.29 is 9.47 Å². The van der Waals surface area contributed by atoms with Crippen LogP contribution in [0.2, 0.25) is 0 Å². The number of rotatable bonds is 5. The van der Waals surface area contributed by atoms with E-state index in [1.165, 1.54) is 12.8 Å². The standard InChI is InChI=1S/C17H28N2O2/c1-17(2)7-9-19(10-8-17)15(12-18)14-11-13(20-3)5-6-16(14)21-4/h5-6,11,15H,7-10,12,18H2,1-4H3. The van der Waals surface area contributed by atoms with Gasteiger partial charge in [-0.1, -0.05) is 13.8 Å². The average Bonchev–Trinajstić information content (AvgIpc) is 2.49. The normalized spacial score (nSPS) is 20.0. The van der Waals surface area contributed by atoms with E-state index < -0.39 is 0 Å². The van der Waals surface area contributed by atoms with E-state index in [9.17, 15) is 0 Å². The molecule has 2 rings (SSSR count). The van der Waals surface area contributed by atoms with Crippen LogP contribution in [-0.4, -0.2) is 38.8 Å². The number of nitrogens with zero attached hydrogens (tertiary/aromatic N) is 1. The third-order valence-corrected chi connectivity index (χ3v) is 4.61. The maximum absolute atomic E-state index is 6.08. The maximum Gasteiger partial charge on any atom is 0.123 e. The molecule has 1 aromatic carbocycles. The van der Waals surface area contributed by atoms with E-state index in [2.05, 4.69) is 24.8 Å². The van der Waals surface area contributed by atoms with Crippen LogP contribution in [0.1, 0.15) is 38.3 Å². The van der Waals surface area contributed by atoms with Gasteiger partial charge in [-0.3, -0.25) is 4.90 Å². The van der Waals surface area contributed by atoms with Crippen molar-refractivity contribution in [2.75, 3.05) is 33.9 Å². The van der Waals surface area contributed by atoms with Crippen LogP contribution in [0.25, 0.3) is 0 Å². The summed E-state index contributed by atoms with van der Waals surface area (Å²) < 4.78 is 10.9. The lowest BCUT2D eigenvalue weighted by Gasteiger charge is -2.41. The van der Waals surface area contributed by atoms with E-state index in [0.29, 0.717) is 12.0 Å². The van der Waals surface area contributed by atoms with Gasteiger partial charge in [0.1, 0.15) is 11.5 Å². The van der Waals surface area contributed by atoms with Crippen LogP contribution in [0, 0.1) is 5.41 Å². The summed E-state index contributed by atoms with van der Waals surface area (Å²) in [4.78, 5) is 2.47. The molecule has 0 aromatic heterocycles. The van der Waals surface area contributed by atoms with Crippen molar-refractivity contribution in [2.45, 2.75) is 32.7 Å². The molecular formula is C17H28N2O2. The number of likely N-dealkylation sites (tertiary alicyclic amines) is 1. The summed E-state index contributed by atoms with van der Waals surface area (Å²) in [7, 11) is 3.39. The van der Waals surface area contributed by atoms with Crippen molar-refractivity contribution in [1.29, 1.82) is 0 Å². The summed E-state index contributed by atoms with van der Waals surface area (Å²) in [6.07, 6.45) is 2.41. The first-order valence-corrected chi connectivity index (χ1v) is 7.67. The molecule has 0 radical (unpaired) electrons. The Morgan fingerprint density at radius 2 is 1.86 bits per heavy atom. The van der Waals surface area contributed by atoms with Crippen molar-refractivity contribution in [3.8, 4) is 11.5 Å². The van der Waals surface area contributed by atoms with Gasteiger partial charge in [-0.05, 0) is 49.5 Å². The molecule has 21 heavy (non-hydrogen) atoms. The number of hydrogen-bond donors (Lipinski definition) is 1. The number of methoxy groups -OCH3 is 2. The van der Waals surface area contributed by atoms with Gasteiger partial charge in [0.25, 0.3) is 0 Å². The first-order valence-electron chi connectivity index (χ1n) is 7.67. The molecule has 0 saturated carbocycles. The smallest absolute Gasteiger partial charge is 0.123 e. The number of hydrogen-bond acceptors (Lipinski definition) is 4. The molecule has 0 spiro atoms. The molecule has 0 amide bonds. The lowest BCUT2D eigenvalue weighted by Crippen LogP contribution is -2.42. The molecule has 4 nitrogen and oxygen atoms in total. The second-order valence-electron chi connectivity index (χ2n) is 6.56. The molecular weight excluding hydrogens is 264 g/mol. The minimum Gasteiger partial charge on any atom is -0.497 e. The predicted molar refractivity (Wildman–Crippen MR) is 85.9 cm³/mol. The van der Waals surface area contributed by atoms with Crippen LogP contribution in [-0.2, 0) is 0 Å². The van der Waals surface area contributed by atoms with Crippen molar-refractivity contribution in [3.63, 3.8) is 0 Å². The molecule has 0 aliphatic carbocycles. The highest BCUT2D eigenvalue weighted by atomic mass is 16.5. The zero-order chi connectivity index (χ0) is 15.5. The van der Waals surface area contributed by atoms with Gasteiger partial charge in [-0.25, -0.2) is 0 Å². The van der Waals surface area contributed by atoms with Gasteiger partial charge in [-0.15, -0.1) is 0 Å². The second-order valence-corrected chi connectivity index (χ2v) is 6.56. The van der Waals surface area contributed by atoms with Gasteiger partial charge < -0.3 is 15.2 Å². The summed E-state index contributed by atoms with van der Waals surface area (Å²) in [5.41, 5.74) is 7.64. The molecule has 4 heteroatoms. The molecule has 118 valence electrons. The maximum atomic E-state index is 6.08. The molecule has 1 saturated heterocycles. The Balaban J connectivity index is 2.24. The van der Waals surface area contributed by atoms with Crippen LogP contribution in [0.15, 0.2) is 18.2 Å². The van der Waals surface area contributed by atoms with E-state index >= 15 is 0 Å². The Bertz CT molecular complexity index is 464. The van der Waals surface area contributed by atoms with Gasteiger partial charge >= 0.3 is 0 Å². The summed E-state index contributed by atoms with van der Waals surface area (Å²) in [5.74, 6) is 1.73. The van der Waals surface area contributed by atoms with E-state index in [1.54, 1.807) is 14.2 Å². The lowest BCUT2D eigenvalue weighted by atomic mass is 9.82. The molecule has 1 fully saturated rings. The zero-order valence-electron chi connectivity index (χ0n) is 13.7. The lowest BCUT2D eigenvalue weighted by molar-refractivity contribution is 0.0952. The predicted octanol–water partition coefficient (Wildman–Crippen LogP) is 2.83. The van der Waals surface area contributed by atoms with Gasteiger partial charge in [0.05, 0.1) is 20.3 Å². The monoisotopic (exact) mass is 292 g/mol. The van der Waals surface area contributed by atoms with Gasteiger partial charge in [0.2, 0.25) is 0 Å². The zero-order valence-corrected chi connectivity index (χ0v) is 13.7. The van der Waals surface area contributed by atoms with Crippen LogP contribution < -0.4 is 15.2 Å². The summed E-state index contributed by atoms with van der Waals surface area (Å²) >= 11 is 0. The molecule has 1 unspecified atom stereocenters. The van der Waals surface area contributed by atoms with Crippen LogP contribution in [0.4, 0.5) is 0 Å². The highest BCUT2D eigenvalue weighted by Gasteiger charge is 2.30. The Labute approximate surface area is 128 Å². The van der Waals surface area contributed by atoms with E-state index in [0.717, 1.165) is 30.2 Å². The van der Waals surface area contributed by atoms with Crippen molar-refractivity contribution in [1.82, 2.24) is 4.90 Å². The van der Waals surface area contributed by atoms with Crippen LogP contribution in [0.5, 0.6) is 11.5 Å². The number of piperidine rings is 1. The fourth-order valence-electron chi connectivity index (χ4n) is 3.01. The number of ether oxygens (including phenoxy) is 2. The van der Waals surface area contributed by atoms with Gasteiger partial charge in [-0.2, -0.15) is 0 Å². The van der Waals surface area contributed by atoms with E-state index in [1.807, 2.05) is 12.1 Å². The Hall–Kier alpha value is -1.26. The van der Waals surface area contributed by atoms with Crippen LogP contribution >= 0.6 is 0 Å². The topological polar surface area (TPSA) is 47.7 Å². The minimum absolute atomic E-state index is 0.186. The minimum atomic E-state index is 0.186. The number of benzene rings is 1. The van der Waals surface area contributed by atoms with Gasteiger partial charge in [0.15, 0.2) is 0 Å². The largest absolute Gasteiger partial charge is 0.497 e. The van der Waals surface area contributed by atoms with Gasteiger partial charge in [0, 0.05) is 12.1 Å². The molecule has 1 aliphatic heterocycles. The summed E-state index contributed by atoms with van der Waals surface area (Å²) in [6.45, 7) is 7.43. The fourth-order valence-corrected chi connectivity index (χ4v) is 3.01. The molecule has 1 heterocycles. The molecule has 2 N–H and O–H groups in total. The number of nitrogens with two attached hydrogens (primary N) is 1. The SMILES string of the molecule is COc1ccc(OC)c(C(CN)N2CCC(C)(C)CC2)c1. The van der Waals surface area contributed by atoms with E-state index in [4.69, 9.17) is 15.2 Å². The molecule has 1 aliphatic rings. The van der Waals surface area contributed by atoms with Crippen molar-refractivity contribution in [3.05, 3.63) is 23.8 Å². The highest BCUT2D eigenvalue weighted by molar-refractivity contribution is 5.42. The molecule has 0 bridgehead atoms. The quantitative estimate of drug-likeness (QED) is 0.906. The second kappa shape index (κ2) is 6.67. The van der Waals surface area contributed by atoms with E-state index in [-0.39, 0.29) is 6.04 Å². The summed E-state index contributed by atoms with van der Waals surface area (Å²) in [6, 6.07) is 6.13. The first-order chi connectivity index (χ1) is 10.0. The fraction of sp³-hybridized carbons (Fsp3) is 0.647. The molecule has 1 aromatic rings. The first kappa shape index (κ1) is 16.1. The van der Waals surface area contributed by atoms with Crippen molar-refractivity contribution in [2.24, 2.45) is 11.1 Å². The molecule has 1 atom stereocenters. The Morgan fingerprint density at radius 1 is 1.19 bits per heavy atom. The Kier molecular flexibility index (Phi) is 5.12. The summed E-state index contributed by atoms with van der Waals surface area (Å²) in [5, 5.41) is 0.